The summed E-state index contributed by atoms with van der Waals surface area (Å²) in [5.41, 5.74) is 0.734. The number of rotatable bonds is 3. The molecule has 0 radical (unpaired) electrons. The van der Waals surface area contributed by atoms with Crippen molar-refractivity contribution in [2.75, 3.05) is 0 Å². The van der Waals surface area contributed by atoms with Gasteiger partial charge in [0.15, 0.2) is 5.76 Å². The molecule has 0 aliphatic rings. The molecular formula is C14H15FN2O2S. The molecule has 20 heavy (non-hydrogen) atoms. The Hall–Kier alpha value is -1.66. The van der Waals surface area contributed by atoms with E-state index in [-0.39, 0.29) is 5.82 Å². The number of aromatic nitrogens is 1. The van der Waals surface area contributed by atoms with Crippen molar-refractivity contribution in [3.05, 3.63) is 41.8 Å². The van der Waals surface area contributed by atoms with Crippen LogP contribution in [0.3, 0.4) is 0 Å². The first-order chi connectivity index (χ1) is 9.38. The zero-order valence-electron chi connectivity index (χ0n) is 11.5. The number of nitrogens with zero attached hydrogens (tertiary/aromatic N) is 2. The van der Waals surface area contributed by atoms with E-state index in [1.165, 1.54) is 12.3 Å². The average Bonchev–Trinajstić information content (AvgIpc) is 2.84. The second-order valence-electron chi connectivity index (χ2n) is 5.19. The highest BCUT2D eigenvalue weighted by atomic mass is 32.2. The van der Waals surface area contributed by atoms with Gasteiger partial charge in [0.1, 0.15) is 33.8 Å². The van der Waals surface area contributed by atoms with Crippen LogP contribution in [0.5, 0.6) is 0 Å². The summed E-state index contributed by atoms with van der Waals surface area (Å²) in [6, 6.07) is 7.82. The van der Waals surface area contributed by atoms with Crippen LogP contribution < -0.4 is 0 Å². The average molecular weight is 294 g/mol. The van der Waals surface area contributed by atoms with Crippen LogP contribution in [0.2, 0.25) is 0 Å². The molecule has 0 aliphatic heterocycles. The summed E-state index contributed by atoms with van der Waals surface area (Å²) in [6.45, 7) is 5.48. The molecule has 0 amide bonds. The minimum atomic E-state index is -1.36. The minimum Gasteiger partial charge on any atom is -0.591 e. The molecule has 0 N–H and O–H groups in total. The van der Waals surface area contributed by atoms with Gasteiger partial charge < -0.3 is 9.08 Å². The lowest BCUT2D eigenvalue weighted by atomic mass is 10.1. The van der Waals surface area contributed by atoms with E-state index in [9.17, 15) is 8.94 Å². The third kappa shape index (κ3) is 3.46. The quantitative estimate of drug-likeness (QED) is 0.644. The summed E-state index contributed by atoms with van der Waals surface area (Å²) in [6.07, 6.45) is 1.37. The van der Waals surface area contributed by atoms with E-state index in [0.29, 0.717) is 17.0 Å². The van der Waals surface area contributed by atoms with Gasteiger partial charge in [0.2, 0.25) is 0 Å². The van der Waals surface area contributed by atoms with Gasteiger partial charge in [-0.2, -0.15) is 0 Å². The van der Waals surface area contributed by atoms with Crippen LogP contribution in [0.15, 0.2) is 39.3 Å². The van der Waals surface area contributed by atoms with Crippen molar-refractivity contribution >= 4 is 17.6 Å². The summed E-state index contributed by atoms with van der Waals surface area (Å²) in [5, 5.41) is 3.76. The zero-order valence-corrected chi connectivity index (χ0v) is 12.3. The maximum atomic E-state index is 13.6. The molecule has 0 fully saturated rings. The molecule has 6 heteroatoms. The second-order valence-corrected chi connectivity index (χ2v) is 7.13. The van der Waals surface area contributed by atoms with Crippen LogP contribution in [-0.4, -0.2) is 20.7 Å². The van der Waals surface area contributed by atoms with Gasteiger partial charge in [-0.15, -0.1) is 0 Å². The van der Waals surface area contributed by atoms with Crippen molar-refractivity contribution in [1.29, 1.82) is 0 Å². The predicted octanol–water partition coefficient (Wildman–Crippen LogP) is 3.36. The molecule has 2 rings (SSSR count). The molecule has 0 bridgehead atoms. The molecule has 0 spiro atoms. The molecular weight excluding hydrogens is 279 g/mol. The van der Waals surface area contributed by atoms with Gasteiger partial charge in [-0.05, 0) is 32.9 Å². The summed E-state index contributed by atoms with van der Waals surface area (Å²) < 4.78 is 33.9. The van der Waals surface area contributed by atoms with Gasteiger partial charge >= 0.3 is 0 Å². The Morgan fingerprint density at radius 2 is 2.05 bits per heavy atom. The Kier molecular flexibility index (Phi) is 4.25. The van der Waals surface area contributed by atoms with Crippen molar-refractivity contribution in [3.8, 4) is 11.3 Å². The van der Waals surface area contributed by atoms with Gasteiger partial charge in [-0.25, -0.2) is 4.39 Å². The number of hydrogen-bond donors (Lipinski definition) is 0. The predicted molar refractivity (Wildman–Crippen MR) is 77.4 cm³/mol. The van der Waals surface area contributed by atoms with E-state index in [1.54, 1.807) is 24.3 Å². The lowest BCUT2D eigenvalue weighted by Gasteiger charge is -2.17. The van der Waals surface area contributed by atoms with Gasteiger partial charge in [0.05, 0.1) is 5.56 Å². The van der Waals surface area contributed by atoms with Crippen LogP contribution >= 0.6 is 0 Å². The van der Waals surface area contributed by atoms with Crippen molar-refractivity contribution in [2.24, 2.45) is 4.40 Å². The zero-order chi connectivity index (χ0) is 14.8. The highest BCUT2D eigenvalue weighted by Crippen LogP contribution is 2.23. The summed E-state index contributed by atoms with van der Waals surface area (Å²) in [7, 11) is 0. The van der Waals surface area contributed by atoms with Crippen LogP contribution in [-0.2, 0) is 11.4 Å². The molecule has 1 heterocycles. The van der Waals surface area contributed by atoms with Crippen LogP contribution in [0.4, 0.5) is 4.39 Å². The summed E-state index contributed by atoms with van der Waals surface area (Å²) >= 11 is -1.36. The maximum absolute atomic E-state index is 13.6. The third-order valence-corrected chi connectivity index (χ3v) is 3.82. The van der Waals surface area contributed by atoms with Gasteiger partial charge in [-0.3, -0.25) is 0 Å². The first-order valence-corrected chi connectivity index (χ1v) is 7.16. The fourth-order valence-corrected chi connectivity index (χ4v) is 1.92. The molecule has 0 saturated carbocycles. The molecule has 0 aliphatic carbocycles. The summed E-state index contributed by atoms with van der Waals surface area (Å²) in [4.78, 5) is 0. The highest BCUT2D eigenvalue weighted by molar-refractivity contribution is 7.91. The minimum absolute atomic E-state index is 0.311. The molecule has 1 aromatic heterocycles. The standard InChI is InChI=1S/C14H15FN2O2S/c1-14(2,3)20(18)16-9-10-8-13(19-17-10)11-6-4-5-7-12(11)15/h4-9H,1-3H3/t20-/m0/s1. The van der Waals surface area contributed by atoms with E-state index in [0.717, 1.165) is 0 Å². The number of benzene rings is 1. The highest BCUT2D eigenvalue weighted by Gasteiger charge is 2.26. The lowest BCUT2D eigenvalue weighted by Crippen LogP contribution is -2.25. The second kappa shape index (κ2) is 5.76. The van der Waals surface area contributed by atoms with Crippen molar-refractivity contribution in [3.63, 3.8) is 0 Å². The smallest absolute Gasteiger partial charge is 0.170 e. The van der Waals surface area contributed by atoms with E-state index in [4.69, 9.17) is 4.52 Å². The first kappa shape index (κ1) is 14.7. The number of hydrogen-bond acceptors (Lipinski definition) is 4. The fraction of sp³-hybridized carbons (Fsp3) is 0.286. The molecule has 0 unspecified atom stereocenters. The Morgan fingerprint density at radius 1 is 1.35 bits per heavy atom. The molecule has 4 nitrogen and oxygen atoms in total. The summed E-state index contributed by atoms with van der Waals surface area (Å²) in [5.74, 6) is -0.0727. The largest absolute Gasteiger partial charge is 0.591 e. The fourth-order valence-electron chi connectivity index (χ4n) is 1.40. The van der Waals surface area contributed by atoms with E-state index in [2.05, 4.69) is 9.55 Å². The van der Waals surface area contributed by atoms with Crippen LogP contribution in [0.25, 0.3) is 11.3 Å². The van der Waals surface area contributed by atoms with Crippen molar-refractivity contribution < 1.29 is 13.5 Å². The normalized spacial score (nSPS) is 13.8. The van der Waals surface area contributed by atoms with E-state index in [1.807, 2.05) is 20.8 Å². The Labute approximate surface area is 120 Å². The van der Waals surface area contributed by atoms with Gasteiger partial charge in [-0.1, -0.05) is 21.7 Å². The van der Waals surface area contributed by atoms with Crippen molar-refractivity contribution in [1.82, 2.24) is 5.16 Å². The maximum Gasteiger partial charge on any atom is 0.170 e. The van der Waals surface area contributed by atoms with Gasteiger partial charge in [0, 0.05) is 6.07 Å². The van der Waals surface area contributed by atoms with Crippen LogP contribution in [0, 0.1) is 5.82 Å². The molecule has 0 saturated heterocycles. The van der Waals surface area contributed by atoms with Crippen molar-refractivity contribution in [2.45, 2.75) is 25.5 Å². The Balaban J connectivity index is 2.18. The van der Waals surface area contributed by atoms with Gasteiger partial charge in [0.25, 0.3) is 0 Å². The molecule has 1 aromatic carbocycles. The van der Waals surface area contributed by atoms with E-state index < -0.39 is 16.1 Å². The number of halogens is 1. The molecule has 106 valence electrons. The Morgan fingerprint density at radius 3 is 2.70 bits per heavy atom. The third-order valence-electron chi connectivity index (χ3n) is 2.47. The first-order valence-electron chi connectivity index (χ1n) is 6.05. The topological polar surface area (TPSA) is 61.5 Å². The van der Waals surface area contributed by atoms with E-state index >= 15 is 0 Å². The van der Waals surface area contributed by atoms with Crippen LogP contribution in [0.1, 0.15) is 26.5 Å². The molecule has 1 atom stereocenters. The molecule has 2 aromatic rings. The monoisotopic (exact) mass is 294 g/mol. The SMILES string of the molecule is CC(C)(C)[S@+]([O-])N=Cc1cc(-c2ccccc2F)on1. The Bertz CT molecular complexity index is 620. The lowest BCUT2D eigenvalue weighted by molar-refractivity contribution is 0.429.